The van der Waals surface area contributed by atoms with Gasteiger partial charge in [0.15, 0.2) is 5.96 Å². The van der Waals surface area contributed by atoms with Crippen molar-refractivity contribution in [3.63, 3.8) is 0 Å². The highest BCUT2D eigenvalue weighted by atomic mass is 16.5. The van der Waals surface area contributed by atoms with E-state index in [1.54, 1.807) is 7.11 Å². The largest absolute Gasteiger partial charge is 0.497 e. The van der Waals surface area contributed by atoms with Crippen LogP contribution in [0, 0.1) is 0 Å². The molecule has 0 aliphatic carbocycles. The van der Waals surface area contributed by atoms with Crippen molar-refractivity contribution in [3.8, 4) is 5.75 Å². The summed E-state index contributed by atoms with van der Waals surface area (Å²) in [6.07, 6.45) is 3.62. The van der Waals surface area contributed by atoms with Crippen molar-refractivity contribution in [2.75, 3.05) is 39.9 Å². The van der Waals surface area contributed by atoms with Crippen molar-refractivity contribution in [3.05, 3.63) is 29.8 Å². The number of ether oxygens (including phenoxy) is 2. The zero-order valence-electron chi connectivity index (χ0n) is 16.8. The van der Waals surface area contributed by atoms with Crippen LogP contribution in [-0.2, 0) is 4.74 Å². The molecule has 1 aliphatic heterocycles. The maximum atomic E-state index is 5.75. The molecule has 0 radical (unpaired) electrons. The monoisotopic (exact) mass is 361 g/mol. The van der Waals surface area contributed by atoms with Gasteiger partial charge in [-0.3, -0.25) is 4.99 Å². The van der Waals surface area contributed by atoms with Crippen LogP contribution in [0.5, 0.6) is 5.75 Å². The van der Waals surface area contributed by atoms with E-state index >= 15 is 0 Å². The first kappa shape index (κ1) is 20.6. The van der Waals surface area contributed by atoms with Crippen LogP contribution in [0.1, 0.15) is 51.5 Å². The van der Waals surface area contributed by atoms with E-state index in [1.807, 2.05) is 12.1 Å². The van der Waals surface area contributed by atoms with E-state index in [4.69, 9.17) is 14.5 Å². The molecule has 26 heavy (non-hydrogen) atoms. The summed E-state index contributed by atoms with van der Waals surface area (Å²) in [6.45, 7) is 11.0. The smallest absolute Gasteiger partial charge is 0.193 e. The van der Waals surface area contributed by atoms with Gasteiger partial charge in [0.25, 0.3) is 0 Å². The quantitative estimate of drug-likeness (QED) is 0.567. The molecular weight excluding hydrogens is 326 g/mol. The number of nitrogens with zero attached hydrogens (tertiary/aromatic N) is 2. The number of rotatable bonds is 8. The van der Waals surface area contributed by atoms with Gasteiger partial charge in [0.1, 0.15) is 5.75 Å². The number of benzene rings is 1. The molecule has 0 saturated carbocycles. The Labute approximate surface area is 158 Å². The summed E-state index contributed by atoms with van der Waals surface area (Å²) in [5, 5.41) is 3.45. The van der Waals surface area contributed by atoms with Crippen molar-refractivity contribution in [2.45, 2.75) is 52.1 Å². The SMILES string of the molecule is CCNC(=NCCC(C)c1ccc(OC)cc1)N1CCC(OCC)CC1. The highest BCUT2D eigenvalue weighted by molar-refractivity contribution is 5.80. The molecule has 1 heterocycles. The minimum Gasteiger partial charge on any atom is -0.497 e. The predicted molar refractivity (Wildman–Crippen MR) is 108 cm³/mol. The summed E-state index contributed by atoms with van der Waals surface area (Å²) >= 11 is 0. The Kier molecular flexibility index (Phi) is 8.75. The molecule has 1 saturated heterocycles. The average Bonchev–Trinajstić information content (AvgIpc) is 2.68. The molecule has 1 unspecified atom stereocenters. The first-order valence-electron chi connectivity index (χ1n) is 9.96. The van der Waals surface area contributed by atoms with Gasteiger partial charge in [-0.25, -0.2) is 0 Å². The number of methoxy groups -OCH3 is 1. The second kappa shape index (κ2) is 11.1. The fourth-order valence-corrected chi connectivity index (χ4v) is 3.36. The lowest BCUT2D eigenvalue weighted by Crippen LogP contribution is -2.47. The molecule has 1 fully saturated rings. The molecule has 5 nitrogen and oxygen atoms in total. The van der Waals surface area contributed by atoms with E-state index in [0.717, 1.165) is 63.8 Å². The maximum Gasteiger partial charge on any atom is 0.193 e. The van der Waals surface area contributed by atoms with Crippen molar-refractivity contribution >= 4 is 5.96 Å². The van der Waals surface area contributed by atoms with Gasteiger partial charge in [-0.1, -0.05) is 19.1 Å². The van der Waals surface area contributed by atoms with Gasteiger partial charge >= 0.3 is 0 Å². The molecule has 2 rings (SSSR count). The fourth-order valence-electron chi connectivity index (χ4n) is 3.36. The molecule has 0 spiro atoms. The van der Waals surface area contributed by atoms with Crippen molar-refractivity contribution in [1.29, 1.82) is 0 Å². The zero-order chi connectivity index (χ0) is 18.8. The second-order valence-corrected chi connectivity index (χ2v) is 6.84. The topological polar surface area (TPSA) is 46.1 Å². The summed E-state index contributed by atoms with van der Waals surface area (Å²) in [7, 11) is 1.70. The van der Waals surface area contributed by atoms with E-state index in [0.29, 0.717) is 12.0 Å². The van der Waals surface area contributed by atoms with Gasteiger partial charge in [-0.05, 0) is 56.7 Å². The third kappa shape index (κ3) is 6.20. The molecule has 0 amide bonds. The number of guanidine groups is 1. The Morgan fingerprint density at radius 1 is 1.23 bits per heavy atom. The molecule has 1 aliphatic rings. The standard InChI is InChI=1S/C21H35N3O2/c1-5-22-21(24-15-12-20(13-16-24)26-6-2)23-14-11-17(3)18-7-9-19(25-4)10-8-18/h7-10,17,20H,5-6,11-16H2,1-4H3,(H,22,23). The summed E-state index contributed by atoms with van der Waals surface area (Å²) in [6, 6.07) is 8.36. The molecule has 0 aromatic heterocycles. The van der Waals surface area contributed by atoms with Gasteiger partial charge in [-0.2, -0.15) is 0 Å². The van der Waals surface area contributed by atoms with Crippen LogP contribution in [0.4, 0.5) is 0 Å². The van der Waals surface area contributed by atoms with Crippen LogP contribution in [0.25, 0.3) is 0 Å². The van der Waals surface area contributed by atoms with Gasteiger partial charge in [0.2, 0.25) is 0 Å². The second-order valence-electron chi connectivity index (χ2n) is 6.84. The molecule has 1 atom stereocenters. The number of nitrogens with one attached hydrogen (secondary N) is 1. The van der Waals surface area contributed by atoms with Crippen LogP contribution in [0.3, 0.4) is 0 Å². The number of likely N-dealkylation sites (tertiary alicyclic amines) is 1. The van der Waals surface area contributed by atoms with Crippen LogP contribution in [-0.4, -0.2) is 56.9 Å². The predicted octanol–water partition coefficient (Wildman–Crippen LogP) is 3.66. The molecular formula is C21H35N3O2. The lowest BCUT2D eigenvalue weighted by Gasteiger charge is -2.34. The lowest BCUT2D eigenvalue weighted by atomic mass is 9.98. The lowest BCUT2D eigenvalue weighted by molar-refractivity contribution is 0.0264. The molecule has 1 N–H and O–H groups in total. The van der Waals surface area contributed by atoms with Gasteiger partial charge in [0, 0.05) is 32.8 Å². The normalized spacial score (nSPS) is 17.2. The highest BCUT2D eigenvalue weighted by Crippen LogP contribution is 2.22. The number of aliphatic imine (C=N–C) groups is 1. The van der Waals surface area contributed by atoms with Crippen molar-refractivity contribution in [1.82, 2.24) is 10.2 Å². The molecule has 1 aromatic rings. The Morgan fingerprint density at radius 2 is 1.92 bits per heavy atom. The highest BCUT2D eigenvalue weighted by Gasteiger charge is 2.21. The minimum absolute atomic E-state index is 0.411. The Bertz CT molecular complexity index is 537. The maximum absolute atomic E-state index is 5.75. The zero-order valence-corrected chi connectivity index (χ0v) is 16.8. The summed E-state index contributed by atoms with van der Waals surface area (Å²) in [5.74, 6) is 2.43. The van der Waals surface area contributed by atoms with Crippen LogP contribution >= 0.6 is 0 Å². The van der Waals surface area contributed by atoms with E-state index in [9.17, 15) is 0 Å². The van der Waals surface area contributed by atoms with Gasteiger partial charge < -0.3 is 19.7 Å². The van der Waals surface area contributed by atoms with Crippen LogP contribution in [0.2, 0.25) is 0 Å². The molecule has 0 bridgehead atoms. The fraction of sp³-hybridized carbons (Fsp3) is 0.667. The average molecular weight is 362 g/mol. The Hall–Kier alpha value is -1.75. The van der Waals surface area contributed by atoms with Crippen molar-refractivity contribution < 1.29 is 9.47 Å². The summed E-state index contributed by atoms with van der Waals surface area (Å²) in [5.41, 5.74) is 1.34. The minimum atomic E-state index is 0.411. The first-order chi connectivity index (χ1) is 12.7. The Morgan fingerprint density at radius 3 is 2.50 bits per heavy atom. The summed E-state index contributed by atoms with van der Waals surface area (Å²) in [4.78, 5) is 7.25. The number of piperidine rings is 1. The Balaban J connectivity index is 1.86. The third-order valence-electron chi connectivity index (χ3n) is 4.99. The number of hydrogen-bond donors (Lipinski definition) is 1. The number of hydrogen-bond acceptors (Lipinski definition) is 3. The first-order valence-corrected chi connectivity index (χ1v) is 9.96. The van der Waals surface area contributed by atoms with E-state index in [1.165, 1.54) is 5.56 Å². The van der Waals surface area contributed by atoms with E-state index in [2.05, 4.69) is 43.1 Å². The van der Waals surface area contributed by atoms with Crippen molar-refractivity contribution in [2.24, 2.45) is 4.99 Å². The van der Waals surface area contributed by atoms with Crippen LogP contribution < -0.4 is 10.1 Å². The third-order valence-corrected chi connectivity index (χ3v) is 4.99. The molecule has 146 valence electrons. The van der Waals surface area contributed by atoms with Gasteiger partial charge in [-0.15, -0.1) is 0 Å². The molecule has 1 aromatic carbocycles. The van der Waals surface area contributed by atoms with Gasteiger partial charge in [0.05, 0.1) is 13.2 Å². The molecule has 5 heteroatoms. The van der Waals surface area contributed by atoms with E-state index in [-0.39, 0.29) is 0 Å². The summed E-state index contributed by atoms with van der Waals surface area (Å²) < 4.78 is 11.0. The van der Waals surface area contributed by atoms with E-state index < -0.39 is 0 Å². The van der Waals surface area contributed by atoms with Crippen LogP contribution in [0.15, 0.2) is 29.3 Å².